The Hall–Kier alpha value is -1.92. The Labute approximate surface area is 147 Å². The Bertz CT molecular complexity index is 636. The molecule has 130 valence electrons. The summed E-state index contributed by atoms with van der Waals surface area (Å²) < 4.78 is 5.46. The van der Waals surface area contributed by atoms with Crippen molar-refractivity contribution in [3.05, 3.63) is 45.9 Å². The number of hydrogen-bond acceptors (Lipinski definition) is 5. The van der Waals surface area contributed by atoms with Crippen LogP contribution in [0.4, 0.5) is 0 Å². The van der Waals surface area contributed by atoms with E-state index in [4.69, 9.17) is 4.74 Å². The van der Waals surface area contributed by atoms with Crippen LogP contribution in [-0.4, -0.2) is 35.5 Å². The molecule has 0 bridgehead atoms. The van der Waals surface area contributed by atoms with Gasteiger partial charge in [0.25, 0.3) is 5.91 Å². The summed E-state index contributed by atoms with van der Waals surface area (Å²) in [6, 6.07) is 7.65. The van der Waals surface area contributed by atoms with Gasteiger partial charge in [0.1, 0.15) is 10.8 Å². The smallest absolute Gasteiger partial charge is 0.258 e. The molecule has 0 saturated heterocycles. The van der Waals surface area contributed by atoms with E-state index in [-0.39, 0.29) is 12.5 Å². The maximum atomic E-state index is 11.9. The van der Waals surface area contributed by atoms with E-state index in [1.165, 1.54) is 0 Å². The molecule has 0 atom stereocenters. The summed E-state index contributed by atoms with van der Waals surface area (Å²) in [6.07, 6.45) is 0. The van der Waals surface area contributed by atoms with Crippen molar-refractivity contribution in [2.24, 2.45) is 0 Å². The third-order valence-corrected chi connectivity index (χ3v) is 4.60. The summed E-state index contributed by atoms with van der Waals surface area (Å²) in [5, 5.41) is 5.82. The van der Waals surface area contributed by atoms with Crippen molar-refractivity contribution in [3.8, 4) is 5.75 Å². The standard InChI is InChI=1S/C18H25N3O2S/c1-4-21(5-2)11-15-13-24-18(20-15)10-19-17(22)12-23-16-8-6-14(3)7-9-16/h6-9,13H,4-5,10-12H2,1-3H3,(H,19,22). The second-order valence-electron chi connectivity index (χ2n) is 5.57. The SMILES string of the molecule is CCN(CC)Cc1csc(CNC(=O)COc2ccc(C)cc2)n1. The van der Waals surface area contributed by atoms with Gasteiger partial charge in [-0.2, -0.15) is 0 Å². The van der Waals surface area contributed by atoms with Crippen LogP contribution in [0.1, 0.15) is 30.1 Å². The third kappa shape index (κ3) is 5.94. The van der Waals surface area contributed by atoms with Crippen molar-refractivity contribution in [2.75, 3.05) is 19.7 Å². The molecule has 1 N–H and O–H groups in total. The predicted molar refractivity (Wildman–Crippen MR) is 97.3 cm³/mol. The van der Waals surface area contributed by atoms with Gasteiger partial charge in [0, 0.05) is 11.9 Å². The molecule has 6 heteroatoms. The Morgan fingerprint density at radius 2 is 1.96 bits per heavy atom. The van der Waals surface area contributed by atoms with Crippen LogP contribution in [0.3, 0.4) is 0 Å². The van der Waals surface area contributed by atoms with Crippen LogP contribution in [0.5, 0.6) is 5.75 Å². The zero-order chi connectivity index (χ0) is 17.4. The number of ether oxygens (including phenoxy) is 1. The van der Waals surface area contributed by atoms with E-state index in [1.54, 1.807) is 11.3 Å². The number of hydrogen-bond donors (Lipinski definition) is 1. The van der Waals surface area contributed by atoms with Crippen molar-refractivity contribution in [2.45, 2.75) is 33.9 Å². The molecule has 5 nitrogen and oxygen atoms in total. The Kier molecular flexibility index (Phi) is 7.21. The highest BCUT2D eigenvalue weighted by Crippen LogP contribution is 2.12. The molecule has 0 fully saturated rings. The average molecular weight is 347 g/mol. The number of rotatable bonds is 9. The molecule has 0 radical (unpaired) electrons. The summed E-state index contributed by atoms with van der Waals surface area (Å²) >= 11 is 1.58. The molecule has 1 amide bonds. The van der Waals surface area contributed by atoms with E-state index < -0.39 is 0 Å². The van der Waals surface area contributed by atoms with Gasteiger partial charge >= 0.3 is 0 Å². The lowest BCUT2D eigenvalue weighted by Crippen LogP contribution is -2.28. The van der Waals surface area contributed by atoms with Crippen molar-refractivity contribution < 1.29 is 9.53 Å². The van der Waals surface area contributed by atoms with E-state index in [1.807, 2.05) is 31.2 Å². The molecule has 2 aromatic rings. The van der Waals surface area contributed by atoms with Gasteiger partial charge in [-0.15, -0.1) is 11.3 Å². The number of nitrogens with zero attached hydrogens (tertiary/aromatic N) is 2. The summed E-state index contributed by atoms with van der Waals surface area (Å²) in [6.45, 7) is 9.63. The van der Waals surface area contributed by atoms with Gasteiger partial charge in [0.15, 0.2) is 6.61 Å². The van der Waals surface area contributed by atoms with Gasteiger partial charge in [-0.05, 0) is 32.1 Å². The maximum absolute atomic E-state index is 11.9. The largest absolute Gasteiger partial charge is 0.484 e. The minimum absolute atomic E-state index is 0.0146. The molecule has 0 saturated carbocycles. The monoisotopic (exact) mass is 347 g/mol. The van der Waals surface area contributed by atoms with Crippen LogP contribution in [0.25, 0.3) is 0 Å². The summed E-state index contributed by atoms with van der Waals surface area (Å²) in [5.74, 6) is 0.558. The minimum atomic E-state index is -0.143. The van der Waals surface area contributed by atoms with E-state index >= 15 is 0 Å². The van der Waals surface area contributed by atoms with Crippen LogP contribution < -0.4 is 10.1 Å². The second-order valence-corrected chi connectivity index (χ2v) is 6.52. The molecule has 0 spiro atoms. The molecule has 0 aliphatic rings. The van der Waals surface area contributed by atoms with E-state index in [2.05, 4.69) is 34.4 Å². The molecule has 0 unspecified atom stereocenters. The molecule has 0 aliphatic heterocycles. The van der Waals surface area contributed by atoms with Gasteiger partial charge in [-0.25, -0.2) is 4.98 Å². The number of carbonyl (C=O) groups excluding carboxylic acids is 1. The molecule has 1 aromatic carbocycles. The lowest BCUT2D eigenvalue weighted by atomic mass is 10.2. The van der Waals surface area contributed by atoms with Gasteiger partial charge in [0.05, 0.1) is 12.2 Å². The summed E-state index contributed by atoms with van der Waals surface area (Å²) in [5.41, 5.74) is 2.22. The molecular weight excluding hydrogens is 322 g/mol. The van der Waals surface area contributed by atoms with Gasteiger partial charge in [0.2, 0.25) is 0 Å². The van der Waals surface area contributed by atoms with E-state index in [0.29, 0.717) is 12.3 Å². The molecular formula is C18H25N3O2S. The third-order valence-electron chi connectivity index (χ3n) is 3.71. The van der Waals surface area contributed by atoms with E-state index in [0.717, 1.165) is 35.9 Å². The van der Waals surface area contributed by atoms with Crippen molar-refractivity contribution in [1.82, 2.24) is 15.2 Å². The first-order chi connectivity index (χ1) is 11.6. The molecule has 1 heterocycles. The fourth-order valence-electron chi connectivity index (χ4n) is 2.19. The highest BCUT2D eigenvalue weighted by atomic mass is 32.1. The van der Waals surface area contributed by atoms with Crippen LogP contribution in [0, 0.1) is 6.92 Å². The number of nitrogens with one attached hydrogen (secondary N) is 1. The number of amides is 1. The predicted octanol–water partition coefficient (Wildman–Crippen LogP) is 2.99. The summed E-state index contributed by atoms with van der Waals surface area (Å²) in [7, 11) is 0. The average Bonchev–Trinajstić information content (AvgIpc) is 3.05. The molecule has 2 rings (SSSR count). The number of carbonyl (C=O) groups is 1. The van der Waals surface area contributed by atoms with Crippen LogP contribution in [0.2, 0.25) is 0 Å². The van der Waals surface area contributed by atoms with Gasteiger partial charge in [-0.3, -0.25) is 9.69 Å². The fraction of sp³-hybridized carbons (Fsp3) is 0.444. The maximum Gasteiger partial charge on any atom is 0.258 e. The number of benzene rings is 1. The Morgan fingerprint density at radius 3 is 2.62 bits per heavy atom. The van der Waals surface area contributed by atoms with Crippen LogP contribution >= 0.6 is 11.3 Å². The van der Waals surface area contributed by atoms with Crippen LogP contribution in [-0.2, 0) is 17.9 Å². The first-order valence-corrected chi connectivity index (χ1v) is 9.10. The fourth-order valence-corrected chi connectivity index (χ4v) is 2.91. The van der Waals surface area contributed by atoms with Crippen molar-refractivity contribution >= 4 is 17.2 Å². The van der Waals surface area contributed by atoms with Crippen molar-refractivity contribution in [3.63, 3.8) is 0 Å². The van der Waals surface area contributed by atoms with E-state index in [9.17, 15) is 4.79 Å². The first-order valence-electron chi connectivity index (χ1n) is 8.22. The zero-order valence-electron chi connectivity index (χ0n) is 14.5. The molecule has 1 aromatic heterocycles. The van der Waals surface area contributed by atoms with Gasteiger partial charge in [-0.1, -0.05) is 31.5 Å². The Balaban J connectivity index is 1.73. The lowest BCUT2D eigenvalue weighted by molar-refractivity contribution is -0.123. The Morgan fingerprint density at radius 1 is 1.25 bits per heavy atom. The lowest BCUT2D eigenvalue weighted by Gasteiger charge is -2.15. The zero-order valence-corrected chi connectivity index (χ0v) is 15.4. The first kappa shape index (κ1) is 18.4. The number of thiazole rings is 1. The normalized spacial score (nSPS) is 10.8. The topological polar surface area (TPSA) is 54.5 Å². The number of aromatic nitrogens is 1. The highest BCUT2D eigenvalue weighted by molar-refractivity contribution is 7.09. The molecule has 0 aliphatic carbocycles. The molecule has 24 heavy (non-hydrogen) atoms. The van der Waals surface area contributed by atoms with Crippen molar-refractivity contribution in [1.29, 1.82) is 0 Å². The quantitative estimate of drug-likeness (QED) is 0.758. The highest BCUT2D eigenvalue weighted by Gasteiger charge is 2.08. The van der Waals surface area contributed by atoms with Gasteiger partial charge < -0.3 is 10.1 Å². The number of aryl methyl sites for hydroxylation is 1. The summed E-state index contributed by atoms with van der Waals surface area (Å²) in [4.78, 5) is 18.7. The van der Waals surface area contributed by atoms with Crippen LogP contribution in [0.15, 0.2) is 29.6 Å². The second kappa shape index (κ2) is 9.39. The minimum Gasteiger partial charge on any atom is -0.484 e.